The maximum atomic E-state index is 10.8. The number of nitrogen functional groups attached to an aromatic ring is 1. The second-order valence-electron chi connectivity index (χ2n) is 5.11. The smallest absolute Gasteiger partial charge is 0.330 e. The highest BCUT2D eigenvalue weighted by molar-refractivity contribution is 5.52. The molecule has 1 atom stereocenters. The van der Waals surface area contributed by atoms with E-state index in [-0.39, 0.29) is 17.5 Å². The zero-order valence-corrected chi connectivity index (χ0v) is 11.8. The van der Waals surface area contributed by atoms with Crippen LogP contribution < -0.4 is 5.73 Å². The van der Waals surface area contributed by atoms with E-state index in [1.165, 1.54) is 16.4 Å². The standard InChI is InChI=1S/C14H18N4O2/c1-9(2)11-4-6-12(7-5-11)10(3)17-14(15)13(8-16-17)18(19)20/h4-10H,15H2,1-3H3. The van der Waals surface area contributed by atoms with Crippen molar-refractivity contribution in [3.05, 3.63) is 51.7 Å². The number of benzene rings is 1. The third-order valence-corrected chi connectivity index (χ3v) is 3.46. The van der Waals surface area contributed by atoms with Crippen molar-refractivity contribution in [2.75, 3.05) is 5.73 Å². The van der Waals surface area contributed by atoms with Crippen LogP contribution in [0.3, 0.4) is 0 Å². The fraction of sp³-hybridized carbons (Fsp3) is 0.357. The van der Waals surface area contributed by atoms with Gasteiger partial charge in [-0.1, -0.05) is 38.1 Å². The van der Waals surface area contributed by atoms with Crippen molar-refractivity contribution in [3.8, 4) is 0 Å². The van der Waals surface area contributed by atoms with Gasteiger partial charge in [-0.25, -0.2) is 4.68 Å². The van der Waals surface area contributed by atoms with E-state index in [0.29, 0.717) is 5.92 Å². The Morgan fingerprint density at radius 1 is 1.20 bits per heavy atom. The van der Waals surface area contributed by atoms with E-state index < -0.39 is 4.92 Å². The van der Waals surface area contributed by atoms with E-state index in [2.05, 4.69) is 31.1 Å². The van der Waals surface area contributed by atoms with Crippen LogP contribution in [0.25, 0.3) is 0 Å². The molecule has 6 heteroatoms. The summed E-state index contributed by atoms with van der Waals surface area (Å²) < 4.78 is 1.47. The molecule has 0 fully saturated rings. The van der Waals surface area contributed by atoms with Gasteiger partial charge in [-0.2, -0.15) is 5.10 Å². The quantitative estimate of drug-likeness (QED) is 0.685. The minimum atomic E-state index is -0.520. The van der Waals surface area contributed by atoms with Gasteiger partial charge < -0.3 is 5.73 Å². The van der Waals surface area contributed by atoms with Crippen LogP contribution in [-0.4, -0.2) is 14.7 Å². The van der Waals surface area contributed by atoms with Crippen LogP contribution in [0.4, 0.5) is 11.5 Å². The Bertz CT molecular complexity index is 617. The van der Waals surface area contributed by atoms with E-state index in [1.54, 1.807) is 0 Å². The van der Waals surface area contributed by atoms with Crippen LogP contribution >= 0.6 is 0 Å². The molecule has 0 bridgehead atoms. The van der Waals surface area contributed by atoms with Crippen molar-refractivity contribution < 1.29 is 4.92 Å². The van der Waals surface area contributed by atoms with Gasteiger partial charge in [0.05, 0.1) is 11.0 Å². The van der Waals surface area contributed by atoms with Gasteiger partial charge >= 0.3 is 5.69 Å². The Kier molecular flexibility index (Phi) is 3.74. The molecule has 1 aromatic heterocycles. The Morgan fingerprint density at radius 2 is 1.75 bits per heavy atom. The van der Waals surface area contributed by atoms with E-state index in [4.69, 9.17) is 5.73 Å². The molecule has 0 saturated carbocycles. The largest absolute Gasteiger partial charge is 0.378 e. The summed E-state index contributed by atoms with van der Waals surface area (Å²) in [5.74, 6) is 0.547. The summed E-state index contributed by atoms with van der Waals surface area (Å²) in [6, 6.07) is 7.99. The van der Waals surface area contributed by atoms with Gasteiger partial charge in [0.25, 0.3) is 0 Å². The molecule has 0 aliphatic rings. The first kappa shape index (κ1) is 14.0. The first-order valence-electron chi connectivity index (χ1n) is 6.49. The summed E-state index contributed by atoms with van der Waals surface area (Å²) in [7, 11) is 0. The fourth-order valence-corrected chi connectivity index (χ4v) is 2.11. The third-order valence-electron chi connectivity index (χ3n) is 3.46. The van der Waals surface area contributed by atoms with Crippen molar-refractivity contribution in [1.82, 2.24) is 9.78 Å². The molecule has 2 rings (SSSR count). The van der Waals surface area contributed by atoms with Gasteiger partial charge in [-0.15, -0.1) is 0 Å². The molecule has 20 heavy (non-hydrogen) atoms. The average Bonchev–Trinajstić information content (AvgIpc) is 2.80. The van der Waals surface area contributed by atoms with Crippen LogP contribution in [0.15, 0.2) is 30.5 Å². The van der Waals surface area contributed by atoms with Gasteiger partial charge in [-0.05, 0) is 24.0 Å². The SMILES string of the molecule is CC(C)c1ccc(C(C)n2ncc([N+](=O)[O-])c2N)cc1. The maximum absolute atomic E-state index is 10.8. The highest BCUT2D eigenvalue weighted by Gasteiger charge is 2.21. The second kappa shape index (κ2) is 5.32. The Labute approximate surface area is 117 Å². The minimum absolute atomic E-state index is 0.0791. The number of nitro groups is 1. The summed E-state index contributed by atoms with van der Waals surface area (Å²) in [5.41, 5.74) is 7.89. The molecule has 0 radical (unpaired) electrons. The summed E-state index contributed by atoms with van der Waals surface area (Å²) in [4.78, 5) is 10.3. The molecule has 106 valence electrons. The predicted octanol–water partition coefficient (Wildman–Crippen LogP) is 3.11. The van der Waals surface area contributed by atoms with Crippen LogP contribution in [0.2, 0.25) is 0 Å². The highest BCUT2D eigenvalue weighted by Crippen LogP contribution is 2.27. The van der Waals surface area contributed by atoms with Crippen molar-refractivity contribution >= 4 is 11.5 Å². The number of rotatable bonds is 4. The summed E-state index contributed by atoms with van der Waals surface area (Å²) in [6.07, 6.45) is 1.19. The number of nitrogens with two attached hydrogens (primary N) is 1. The summed E-state index contributed by atoms with van der Waals surface area (Å²) in [6.45, 7) is 6.18. The first-order chi connectivity index (χ1) is 9.41. The van der Waals surface area contributed by atoms with Gasteiger partial charge in [0, 0.05) is 0 Å². The number of hydrogen-bond donors (Lipinski definition) is 1. The average molecular weight is 274 g/mol. The van der Waals surface area contributed by atoms with Gasteiger partial charge in [-0.3, -0.25) is 10.1 Å². The number of nitrogens with zero attached hydrogens (tertiary/aromatic N) is 3. The highest BCUT2D eigenvalue weighted by atomic mass is 16.6. The molecule has 0 spiro atoms. The molecule has 0 aliphatic heterocycles. The Morgan fingerprint density at radius 3 is 2.20 bits per heavy atom. The minimum Gasteiger partial charge on any atom is -0.378 e. The van der Waals surface area contributed by atoms with Crippen molar-refractivity contribution in [2.24, 2.45) is 0 Å². The van der Waals surface area contributed by atoms with E-state index in [1.807, 2.05) is 19.1 Å². The van der Waals surface area contributed by atoms with Crippen molar-refractivity contribution in [2.45, 2.75) is 32.7 Å². The van der Waals surface area contributed by atoms with Crippen LogP contribution in [0.5, 0.6) is 0 Å². The third kappa shape index (κ3) is 2.49. The van der Waals surface area contributed by atoms with E-state index in [0.717, 1.165) is 5.56 Å². The molecule has 1 heterocycles. The molecule has 1 aromatic carbocycles. The normalized spacial score (nSPS) is 12.6. The molecule has 1 unspecified atom stereocenters. The molecule has 2 aromatic rings. The van der Waals surface area contributed by atoms with Crippen molar-refractivity contribution in [1.29, 1.82) is 0 Å². The Hall–Kier alpha value is -2.37. The monoisotopic (exact) mass is 274 g/mol. The topological polar surface area (TPSA) is 87.0 Å². The van der Waals surface area contributed by atoms with Crippen molar-refractivity contribution in [3.63, 3.8) is 0 Å². The molecule has 0 aliphatic carbocycles. The zero-order valence-electron chi connectivity index (χ0n) is 11.8. The fourth-order valence-electron chi connectivity index (χ4n) is 2.11. The van der Waals surface area contributed by atoms with Crippen LogP contribution in [-0.2, 0) is 0 Å². The molecule has 0 saturated heterocycles. The molecular weight excluding hydrogens is 256 g/mol. The lowest BCUT2D eigenvalue weighted by atomic mass is 10.00. The number of aromatic nitrogens is 2. The van der Waals surface area contributed by atoms with Gasteiger partial charge in [0.15, 0.2) is 0 Å². The first-order valence-corrected chi connectivity index (χ1v) is 6.49. The van der Waals surface area contributed by atoms with Gasteiger partial charge in [0.1, 0.15) is 6.20 Å². The number of hydrogen-bond acceptors (Lipinski definition) is 4. The number of anilines is 1. The molecule has 2 N–H and O–H groups in total. The Balaban J connectivity index is 2.31. The van der Waals surface area contributed by atoms with E-state index >= 15 is 0 Å². The van der Waals surface area contributed by atoms with E-state index in [9.17, 15) is 10.1 Å². The summed E-state index contributed by atoms with van der Waals surface area (Å²) >= 11 is 0. The lowest BCUT2D eigenvalue weighted by Gasteiger charge is -2.15. The molecular formula is C14H18N4O2. The lowest BCUT2D eigenvalue weighted by molar-refractivity contribution is -0.384. The molecule has 0 amide bonds. The van der Waals surface area contributed by atoms with Gasteiger partial charge in [0.2, 0.25) is 5.82 Å². The van der Waals surface area contributed by atoms with Crippen LogP contribution in [0, 0.1) is 10.1 Å². The second-order valence-corrected chi connectivity index (χ2v) is 5.11. The maximum Gasteiger partial charge on any atom is 0.330 e. The predicted molar refractivity (Wildman–Crippen MR) is 77.6 cm³/mol. The summed E-state index contributed by atoms with van der Waals surface area (Å²) in [5, 5.41) is 14.8. The zero-order chi connectivity index (χ0) is 14.9. The lowest BCUT2D eigenvalue weighted by Crippen LogP contribution is -2.12. The molecule has 6 nitrogen and oxygen atoms in total. The van der Waals surface area contributed by atoms with Crippen LogP contribution in [0.1, 0.15) is 43.9 Å².